The molecule has 1 aliphatic rings. The minimum atomic E-state index is -0.00901. The molecule has 1 aliphatic heterocycles. The van der Waals surface area contributed by atoms with Crippen molar-refractivity contribution >= 4 is 30.7 Å². The third kappa shape index (κ3) is 4.18. The lowest BCUT2D eigenvalue weighted by atomic mass is 10.2. The summed E-state index contributed by atoms with van der Waals surface area (Å²) in [4.78, 5) is 15.8. The Balaban J connectivity index is 0.00000128. The van der Waals surface area contributed by atoms with Crippen LogP contribution < -0.4 is 10.6 Å². The molecule has 7 heteroatoms. The van der Waals surface area contributed by atoms with Crippen LogP contribution in [0.4, 0.5) is 0 Å². The number of hydrogen-bond acceptors (Lipinski definition) is 3. The van der Waals surface area contributed by atoms with Gasteiger partial charge in [0.1, 0.15) is 5.82 Å². The van der Waals surface area contributed by atoms with Gasteiger partial charge in [0, 0.05) is 19.4 Å². The lowest BCUT2D eigenvalue weighted by Crippen LogP contribution is -2.40. The molecule has 1 fully saturated rings. The molecule has 1 aromatic rings. The maximum atomic E-state index is 11.6. The lowest BCUT2D eigenvalue weighted by Gasteiger charge is -2.10. The molecule has 1 aromatic heterocycles. The molecule has 0 radical (unpaired) electrons. The normalized spacial score (nSPS) is 18.1. The number of aromatic nitrogens is 2. The van der Waals surface area contributed by atoms with Crippen molar-refractivity contribution in [3.8, 4) is 0 Å². The predicted octanol–water partition coefficient (Wildman–Crippen LogP) is 0.632. The van der Waals surface area contributed by atoms with Gasteiger partial charge in [0.05, 0.1) is 12.6 Å². The van der Waals surface area contributed by atoms with Crippen LogP contribution in [0.3, 0.4) is 0 Å². The van der Waals surface area contributed by atoms with E-state index < -0.39 is 0 Å². The van der Waals surface area contributed by atoms with Crippen molar-refractivity contribution in [2.75, 3.05) is 6.54 Å². The molecule has 0 aliphatic carbocycles. The van der Waals surface area contributed by atoms with Crippen molar-refractivity contribution in [3.05, 3.63) is 18.2 Å². The second-order valence-electron chi connectivity index (χ2n) is 3.82. The average molecular weight is 281 g/mol. The molecule has 5 nitrogen and oxygen atoms in total. The highest BCUT2D eigenvalue weighted by molar-refractivity contribution is 5.85. The fraction of sp³-hybridized carbons (Fsp3) is 0.600. The van der Waals surface area contributed by atoms with Gasteiger partial charge in [0.15, 0.2) is 0 Å². The smallest absolute Gasteiger partial charge is 0.237 e. The summed E-state index contributed by atoms with van der Waals surface area (Å²) in [5.74, 6) is 0.955. The Bertz CT molecular complexity index is 350. The zero-order valence-electron chi connectivity index (χ0n) is 9.68. The van der Waals surface area contributed by atoms with E-state index in [0.717, 1.165) is 25.2 Å². The van der Waals surface area contributed by atoms with E-state index in [-0.39, 0.29) is 36.8 Å². The molecule has 0 saturated carbocycles. The summed E-state index contributed by atoms with van der Waals surface area (Å²) < 4.78 is 1.91. The molecular weight excluding hydrogens is 263 g/mol. The van der Waals surface area contributed by atoms with Gasteiger partial charge < -0.3 is 15.2 Å². The van der Waals surface area contributed by atoms with E-state index in [1.165, 1.54) is 0 Å². The highest BCUT2D eigenvalue weighted by Crippen LogP contribution is 2.04. The third-order valence-corrected chi connectivity index (χ3v) is 2.72. The predicted molar refractivity (Wildman–Crippen MR) is 70.6 cm³/mol. The minimum Gasteiger partial charge on any atom is -0.348 e. The van der Waals surface area contributed by atoms with Crippen molar-refractivity contribution in [2.45, 2.75) is 25.4 Å². The van der Waals surface area contributed by atoms with Gasteiger partial charge in [-0.1, -0.05) is 0 Å². The zero-order valence-corrected chi connectivity index (χ0v) is 11.3. The summed E-state index contributed by atoms with van der Waals surface area (Å²) in [6.07, 6.45) is 5.62. The topological polar surface area (TPSA) is 59.0 Å². The number of carbonyl (C=O) groups is 1. The summed E-state index contributed by atoms with van der Waals surface area (Å²) in [7, 11) is 1.92. The maximum Gasteiger partial charge on any atom is 0.237 e. The monoisotopic (exact) mass is 280 g/mol. The van der Waals surface area contributed by atoms with E-state index in [2.05, 4.69) is 15.6 Å². The van der Waals surface area contributed by atoms with Gasteiger partial charge in [-0.25, -0.2) is 4.98 Å². The van der Waals surface area contributed by atoms with Crippen LogP contribution in [0.15, 0.2) is 12.4 Å². The molecular formula is C10H18Cl2N4O. The van der Waals surface area contributed by atoms with Crippen molar-refractivity contribution in [1.29, 1.82) is 0 Å². The van der Waals surface area contributed by atoms with Gasteiger partial charge in [0.2, 0.25) is 5.91 Å². The Morgan fingerprint density at radius 2 is 2.41 bits per heavy atom. The number of halogens is 2. The number of nitrogens with zero attached hydrogens (tertiary/aromatic N) is 2. The molecule has 0 spiro atoms. The fourth-order valence-corrected chi connectivity index (χ4v) is 1.76. The number of nitrogens with one attached hydrogen (secondary N) is 2. The number of carbonyl (C=O) groups excluding carboxylic acids is 1. The summed E-state index contributed by atoms with van der Waals surface area (Å²) in [6.45, 7) is 1.45. The van der Waals surface area contributed by atoms with Crippen LogP contribution in [0, 0.1) is 0 Å². The van der Waals surface area contributed by atoms with Crippen LogP contribution in [0.25, 0.3) is 0 Å². The van der Waals surface area contributed by atoms with Gasteiger partial charge in [-0.15, -0.1) is 24.8 Å². The molecule has 0 bridgehead atoms. The second kappa shape index (κ2) is 7.53. The first kappa shape index (κ1) is 16.2. The first-order valence-electron chi connectivity index (χ1n) is 5.24. The van der Waals surface area contributed by atoms with E-state index in [0.29, 0.717) is 6.54 Å². The Kier molecular flexibility index (Phi) is 7.18. The first-order chi connectivity index (χ1) is 7.27. The largest absolute Gasteiger partial charge is 0.348 e. The van der Waals surface area contributed by atoms with Gasteiger partial charge in [0.25, 0.3) is 0 Å². The van der Waals surface area contributed by atoms with Crippen LogP contribution in [0.1, 0.15) is 18.7 Å². The summed E-state index contributed by atoms with van der Waals surface area (Å²) in [6, 6.07) is -0.00901. The molecule has 2 N–H and O–H groups in total. The van der Waals surface area contributed by atoms with Crippen molar-refractivity contribution in [3.63, 3.8) is 0 Å². The molecule has 0 unspecified atom stereocenters. The Morgan fingerprint density at radius 3 is 2.94 bits per heavy atom. The highest BCUT2D eigenvalue weighted by Gasteiger charge is 2.21. The van der Waals surface area contributed by atoms with Crippen molar-refractivity contribution in [2.24, 2.45) is 7.05 Å². The van der Waals surface area contributed by atoms with Gasteiger partial charge in [-0.2, -0.15) is 0 Å². The van der Waals surface area contributed by atoms with E-state index in [4.69, 9.17) is 0 Å². The third-order valence-electron chi connectivity index (χ3n) is 2.72. The van der Waals surface area contributed by atoms with Gasteiger partial charge >= 0.3 is 0 Å². The van der Waals surface area contributed by atoms with Crippen molar-refractivity contribution in [1.82, 2.24) is 20.2 Å². The number of imidazole rings is 1. The van der Waals surface area contributed by atoms with E-state index >= 15 is 0 Å². The van der Waals surface area contributed by atoms with E-state index in [1.807, 2.05) is 17.8 Å². The van der Waals surface area contributed by atoms with Gasteiger partial charge in [-0.3, -0.25) is 4.79 Å². The van der Waals surface area contributed by atoms with Crippen LogP contribution in [-0.2, 0) is 18.4 Å². The number of hydrogen-bond donors (Lipinski definition) is 2. The SMILES string of the molecule is Cl.Cl.Cn1ccnc1CNC(=O)[C@@H]1CCCN1. The lowest BCUT2D eigenvalue weighted by molar-refractivity contribution is -0.123. The molecule has 1 amide bonds. The molecule has 2 heterocycles. The number of amides is 1. The summed E-state index contributed by atoms with van der Waals surface area (Å²) in [5.41, 5.74) is 0. The Morgan fingerprint density at radius 1 is 1.65 bits per heavy atom. The minimum absolute atomic E-state index is 0. The van der Waals surface area contributed by atoms with Crippen LogP contribution in [0.2, 0.25) is 0 Å². The number of rotatable bonds is 3. The van der Waals surface area contributed by atoms with Crippen LogP contribution in [-0.4, -0.2) is 28.0 Å². The van der Waals surface area contributed by atoms with E-state index in [9.17, 15) is 4.79 Å². The Labute approximate surface area is 113 Å². The quantitative estimate of drug-likeness (QED) is 0.854. The van der Waals surface area contributed by atoms with Crippen LogP contribution in [0.5, 0.6) is 0 Å². The molecule has 98 valence electrons. The highest BCUT2D eigenvalue weighted by atomic mass is 35.5. The summed E-state index contributed by atoms with van der Waals surface area (Å²) in [5, 5.41) is 6.04. The average Bonchev–Trinajstić information content (AvgIpc) is 2.85. The second-order valence-corrected chi connectivity index (χ2v) is 3.82. The van der Waals surface area contributed by atoms with E-state index in [1.54, 1.807) is 6.20 Å². The van der Waals surface area contributed by atoms with Gasteiger partial charge in [-0.05, 0) is 19.4 Å². The van der Waals surface area contributed by atoms with Crippen molar-refractivity contribution < 1.29 is 4.79 Å². The number of aryl methyl sites for hydroxylation is 1. The molecule has 17 heavy (non-hydrogen) atoms. The maximum absolute atomic E-state index is 11.6. The molecule has 1 atom stereocenters. The standard InChI is InChI=1S/C10H16N4O.2ClH/c1-14-6-5-12-9(14)7-13-10(15)8-3-2-4-11-8;;/h5-6,8,11H,2-4,7H2,1H3,(H,13,15);2*1H/t8-;;/m0../s1. The molecule has 0 aromatic carbocycles. The molecule has 2 rings (SSSR count). The molecule has 1 saturated heterocycles. The first-order valence-corrected chi connectivity index (χ1v) is 5.24. The fourth-order valence-electron chi connectivity index (χ4n) is 1.76. The zero-order chi connectivity index (χ0) is 10.7. The van der Waals surface area contributed by atoms with Crippen LogP contribution >= 0.6 is 24.8 Å². The summed E-state index contributed by atoms with van der Waals surface area (Å²) >= 11 is 0. The Hall–Kier alpha value is -0.780.